The normalized spacial score (nSPS) is 19.6. The quantitative estimate of drug-likeness (QED) is 0.383. The summed E-state index contributed by atoms with van der Waals surface area (Å²) in [5.74, 6) is -1.56. The van der Waals surface area contributed by atoms with Crippen LogP contribution in [0, 0.1) is 0 Å². The highest BCUT2D eigenvalue weighted by molar-refractivity contribution is 7.90. The van der Waals surface area contributed by atoms with Gasteiger partial charge in [0.2, 0.25) is 0 Å². The molecule has 0 bridgehead atoms. The number of aliphatic hydroxyl groups is 1. The number of carboxylic acids is 2. The van der Waals surface area contributed by atoms with Crippen LogP contribution in [0.3, 0.4) is 0 Å². The Morgan fingerprint density at radius 2 is 1.56 bits per heavy atom. The van der Waals surface area contributed by atoms with Crippen LogP contribution in [-0.4, -0.2) is 90.5 Å². The van der Waals surface area contributed by atoms with Crippen molar-refractivity contribution in [1.82, 2.24) is 4.90 Å². The molecule has 1 aliphatic rings. The van der Waals surface area contributed by atoms with Crippen LogP contribution < -0.4 is 9.47 Å². The molecule has 1 fully saturated rings. The van der Waals surface area contributed by atoms with Crippen molar-refractivity contribution in [2.24, 2.45) is 0 Å². The molecule has 0 spiro atoms. The average molecular weight is 502 g/mol. The first kappa shape index (κ1) is 29.4. The number of ether oxygens (including phenoxy) is 2. The van der Waals surface area contributed by atoms with Gasteiger partial charge in [-0.3, -0.25) is 4.90 Å². The zero-order valence-corrected chi connectivity index (χ0v) is 20.6. The fourth-order valence-corrected chi connectivity index (χ4v) is 3.84. The minimum absolute atomic E-state index is 0.0469. The van der Waals surface area contributed by atoms with Crippen molar-refractivity contribution < 1.29 is 42.8 Å². The van der Waals surface area contributed by atoms with Crippen LogP contribution in [0.15, 0.2) is 36.4 Å². The number of hydrogen-bond donors (Lipinski definition) is 3. The monoisotopic (exact) mass is 501 g/mol. The standard InChI is InChI=1S/C19H31NO5S.C4H4O4/c1-15-7-6-8-16(2)20(15)13-17(21)14-25-19-10-5-4-9-18(19)24-11-12-26(3,22)23;5-3(6)1-2-4(7)8/h4-5,9-10,15-17,21H,6-8,11-14H2,1-3H3;1-2H,(H,5,6)(H,7,8)/b;2-1+. The number of nitrogens with zero attached hydrogens (tertiary/aromatic N) is 1. The number of hydrogen-bond acceptors (Lipinski definition) is 8. The predicted octanol–water partition coefficient (Wildman–Crippen LogP) is 1.82. The molecule has 11 heteroatoms. The Hall–Kier alpha value is -2.63. The summed E-state index contributed by atoms with van der Waals surface area (Å²) in [6.45, 7) is 5.23. The van der Waals surface area contributed by atoms with Gasteiger partial charge in [0.15, 0.2) is 21.3 Å². The number of benzene rings is 1. The van der Waals surface area contributed by atoms with Crippen molar-refractivity contribution in [2.45, 2.75) is 51.3 Å². The Bertz CT molecular complexity index is 891. The molecule has 0 saturated carbocycles. The van der Waals surface area contributed by atoms with Crippen molar-refractivity contribution in [3.8, 4) is 11.5 Å². The maximum absolute atomic E-state index is 11.2. The molecule has 3 N–H and O–H groups in total. The van der Waals surface area contributed by atoms with E-state index in [2.05, 4.69) is 18.7 Å². The van der Waals surface area contributed by atoms with Crippen LogP contribution in [0.5, 0.6) is 11.5 Å². The van der Waals surface area contributed by atoms with Gasteiger partial charge in [-0.25, -0.2) is 18.0 Å². The summed E-state index contributed by atoms with van der Waals surface area (Å²) in [5, 5.41) is 26.0. The van der Waals surface area contributed by atoms with Gasteiger partial charge in [-0.1, -0.05) is 18.6 Å². The number of para-hydroxylation sites is 2. The number of rotatable bonds is 11. The molecule has 1 aliphatic heterocycles. The maximum atomic E-state index is 11.2. The third-order valence-corrected chi connectivity index (χ3v) is 6.07. The summed E-state index contributed by atoms with van der Waals surface area (Å²) in [6.07, 6.45) is 5.26. The van der Waals surface area contributed by atoms with E-state index in [0.717, 1.165) is 12.8 Å². The first-order valence-electron chi connectivity index (χ1n) is 11.0. The fraction of sp³-hybridized carbons (Fsp3) is 0.565. The maximum Gasteiger partial charge on any atom is 0.328 e. The van der Waals surface area contributed by atoms with E-state index < -0.39 is 27.9 Å². The van der Waals surface area contributed by atoms with E-state index >= 15 is 0 Å². The van der Waals surface area contributed by atoms with Crippen LogP contribution in [-0.2, 0) is 19.4 Å². The molecule has 34 heavy (non-hydrogen) atoms. The van der Waals surface area contributed by atoms with Crippen LogP contribution >= 0.6 is 0 Å². The third-order valence-electron chi connectivity index (χ3n) is 5.16. The van der Waals surface area contributed by atoms with Crippen LogP contribution in [0.2, 0.25) is 0 Å². The van der Waals surface area contributed by atoms with Crippen LogP contribution in [0.4, 0.5) is 0 Å². The molecule has 3 atom stereocenters. The minimum atomic E-state index is -3.07. The molecule has 192 valence electrons. The Balaban J connectivity index is 0.000000620. The summed E-state index contributed by atoms with van der Waals surface area (Å²) >= 11 is 0. The molecule has 0 aromatic heterocycles. The van der Waals surface area contributed by atoms with Crippen LogP contribution in [0.25, 0.3) is 0 Å². The number of aliphatic carboxylic acids is 2. The smallest absolute Gasteiger partial charge is 0.328 e. The Morgan fingerprint density at radius 1 is 1.06 bits per heavy atom. The van der Waals surface area contributed by atoms with Gasteiger partial charge in [0, 0.05) is 37.0 Å². The van der Waals surface area contributed by atoms with E-state index in [1.165, 1.54) is 12.7 Å². The molecule has 1 aromatic rings. The third kappa shape index (κ3) is 12.6. The van der Waals surface area contributed by atoms with Gasteiger partial charge in [0.25, 0.3) is 0 Å². The Morgan fingerprint density at radius 3 is 2.03 bits per heavy atom. The highest BCUT2D eigenvalue weighted by Gasteiger charge is 2.26. The van der Waals surface area contributed by atoms with Crippen molar-refractivity contribution in [3.05, 3.63) is 36.4 Å². The zero-order chi connectivity index (χ0) is 25.7. The average Bonchev–Trinajstić information content (AvgIpc) is 2.74. The van der Waals surface area contributed by atoms with Gasteiger partial charge < -0.3 is 24.8 Å². The number of aliphatic hydroxyl groups excluding tert-OH is 1. The first-order chi connectivity index (χ1) is 15.9. The van der Waals surface area contributed by atoms with Gasteiger partial charge >= 0.3 is 11.9 Å². The molecule has 1 heterocycles. The molecule has 2 rings (SSSR count). The minimum Gasteiger partial charge on any atom is -0.489 e. The Labute approximate surface area is 200 Å². The van der Waals surface area contributed by atoms with E-state index in [1.807, 2.05) is 6.07 Å². The SMILES string of the molecule is CC1CCCC(C)N1CC(O)COc1ccccc1OCCS(C)(=O)=O.O=C(O)/C=C/C(=O)O. The fourth-order valence-electron chi connectivity index (χ4n) is 3.45. The highest BCUT2D eigenvalue weighted by atomic mass is 32.2. The summed E-state index contributed by atoms with van der Waals surface area (Å²) in [4.78, 5) is 21.4. The summed E-state index contributed by atoms with van der Waals surface area (Å²) in [5.41, 5.74) is 0. The summed E-state index contributed by atoms with van der Waals surface area (Å²) in [7, 11) is -3.07. The van der Waals surface area contributed by atoms with Crippen LogP contribution in [0.1, 0.15) is 33.1 Å². The predicted molar refractivity (Wildman–Crippen MR) is 127 cm³/mol. The second kappa shape index (κ2) is 14.6. The second-order valence-corrected chi connectivity index (χ2v) is 10.5. The van der Waals surface area contributed by atoms with Gasteiger partial charge in [-0.2, -0.15) is 0 Å². The van der Waals surface area contributed by atoms with E-state index in [9.17, 15) is 23.1 Å². The van der Waals surface area contributed by atoms with E-state index in [1.54, 1.807) is 18.2 Å². The van der Waals surface area contributed by atoms with Gasteiger partial charge in [-0.05, 0) is 38.8 Å². The molecule has 0 amide bonds. The number of β-amino-alcohol motifs (C(OH)–C–C–N with tert-alkyl or cyclic N) is 1. The second-order valence-electron chi connectivity index (χ2n) is 8.23. The lowest BCUT2D eigenvalue weighted by Crippen LogP contribution is -2.48. The number of carboxylic acid groups (broad SMARTS) is 2. The zero-order valence-electron chi connectivity index (χ0n) is 19.8. The van der Waals surface area contributed by atoms with Crippen molar-refractivity contribution in [3.63, 3.8) is 0 Å². The van der Waals surface area contributed by atoms with Gasteiger partial charge in [0.1, 0.15) is 19.3 Å². The molecule has 0 aliphatic carbocycles. The molecule has 3 unspecified atom stereocenters. The lowest BCUT2D eigenvalue weighted by Gasteiger charge is -2.40. The lowest BCUT2D eigenvalue weighted by atomic mass is 9.97. The lowest BCUT2D eigenvalue weighted by molar-refractivity contribution is -0.134. The van der Waals surface area contributed by atoms with Gasteiger partial charge in [-0.15, -0.1) is 0 Å². The van der Waals surface area contributed by atoms with Crippen molar-refractivity contribution in [2.75, 3.05) is 31.8 Å². The Kier molecular flexibility index (Phi) is 12.6. The van der Waals surface area contributed by atoms with E-state index in [0.29, 0.717) is 42.3 Å². The number of likely N-dealkylation sites (tertiary alicyclic amines) is 1. The topological polar surface area (TPSA) is 151 Å². The molecule has 0 radical (unpaired) electrons. The largest absolute Gasteiger partial charge is 0.489 e. The summed E-state index contributed by atoms with van der Waals surface area (Å²) < 4.78 is 33.7. The number of piperidine rings is 1. The molecule has 10 nitrogen and oxygen atoms in total. The van der Waals surface area contributed by atoms with Crippen molar-refractivity contribution >= 4 is 21.8 Å². The van der Waals surface area contributed by atoms with E-state index in [-0.39, 0.29) is 19.0 Å². The molecule has 1 saturated heterocycles. The molecular formula is C23H35NO9S. The summed E-state index contributed by atoms with van der Waals surface area (Å²) in [6, 6.07) is 8.06. The molecule has 1 aromatic carbocycles. The first-order valence-corrected chi connectivity index (χ1v) is 13.0. The number of carbonyl (C=O) groups is 2. The van der Waals surface area contributed by atoms with Gasteiger partial charge in [0.05, 0.1) is 5.75 Å². The highest BCUT2D eigenvalue weighted by Crippen LogP contribution is 2.27. The number of sulfone groups is 1. The van der Waals surface area contributed by atoms with Crippen molar-refractivity contribution in [1.29, 1.82) is 0 Å². The molecular weight excluding hydrogens is 466 g/mol. The van der Waals surface area contributed by atoms with E-state index in [4.69, 9.17) is 19.7 Å².